The van der Waals surface area contributed by atoms with Crippen molar-refractivity contribution in [1.82, 2.24) is 9.96 Å². The summed E-state index contributed by atoms with van der Waals surface area (Å²) in [6.07, 6.45) is 1.39. The van der Waals surface area contributed by atoms with Crippen molar-refractivity contribution >= 4 is 6.09 Å². The van der Waals surface area contributed by atoms with Gasteiger partial charge >= 0.3 is 6.09 Å². The van der Waals surface area contributed by atoms with E-state index in [2.05, 4.69) is 0 Å². The average molecular weight is 262 g/mol. The third-order valence-corrected chi connectivity index (χ3v) is 4.05. The van der Waals surface area contributed by atoms with Crippen LogP contribution in [0.4, 0.5) is 4.79 Å². The second kappa shape index (κ2) is 4.83. The normalized spacial score (nSPS) is 24.3. The van der Waals surface area contributed by atoms with Gasteiger partial charge in [0.25, 0.3) is 0 Å². The Kier molecular flexibility index (Phi) is 3.16. The molecule has 0 aromatic heterocycles. The van der Waals surface area contributed by atoms with Gasteiger partial charge in [-0.3, -0.25) is 0 Å². The number of likely N-dealkylation sites (tertiary alicyclic amines) is 1. The summed E-state index contributed by atoms with van der Waals surface area (Å²) in [6.45, 7) is 2.36. The summed E-state index contributed by atoms with van der Waals surface area (Å²) in [6, 6.07) is 9.66. The highest BCUT2D eigenvalue weighted by Crippen LogP contribution is 2.39. The SMILES string of the molecule is O=C(OCc1ccccc1)N1CCC2(CC1)CN2O. The number of ether oxygens (including phenoxy) is 1. The fraction of sp³-hybridized carbons (Fsp3) is 0.500. The Morgan fingerprint density at radius 3 is 2.47 bits per heavy atom. The number of carbonyl (C=O) groups excluding carboxylic acids is 1. The number of amides is 1. The van der Waals surface area contributed by atoms with E-state index in [1.165, 1.54) is 5.06 Å². The van der Waals surface area contributed by atoms with Gasteiger partial charge in [0.2, 0.25) is 0 Å². The summed E-state index contributed by atoms with van der Waals surface area (Å²) in [7, 11) is 0. The van der Waals surface area contributed by atoms with E-state index in [0.29, 0.717) is 19.7 Å². The van der Waals surface area contributed by atoms with Crippen LogP contribution in [0.5, 0.6) is 0 Å². The lowest BCUT2D eigenvalue weighted by atomic mass is 9.97. The lowest BCUT2D eigenvalue weighted by molar-refractivity contribution is -0.0221. The summed E-state index contributed by atoms with van der Waals surface area (Å²) in [5.74, 6) is 0. The minimum Gasteiger partial charge on any atom is -0.445 e. The maximum Gasteiger partial charge on any atom is 0.410 e. The van der Waals surface area contributed by atoms with Crippen LogP contribution in [-0.4, -0.2) is 46.4 Å². The molecule has 1 atom stereocenters. The first-order valence-corrected chi connectivity index (χ1v) is 6.62. The zero-order valence-corrected chi connectivity index (χ0v) is 10.8. The number of nitrogens with zero attached hydrogens (tertiary/aromatic N) is 2. The molecule has 5 nitrogen and oxygen atoms in total. The number of carbonyl (C=O) groups is 1. The van der Waals surface area contributed by atoms with Crippen molar-refractivity contribution in [3.8, 4) is 0 Å². The molecular formula is C14H18N2O3. The summed E-state index contributed by atoms with van der Waals surface area (Å²) < 4.78 is 5.29. The van der Waals surface area contributed by atoms with Gasteiger partial charge in [-0.05, 0) is 18.4 Å². The minimum absolute atomic E-state index is 0.0454. The van der Waals surface area contributed by atoms with Gasteiger partial charge in [0.1, 0.15) is 6.61 Å². The molecule has 1 amide bonds. The smallest absolute Gasteiger partial charge is 0.410 e. The lowest BCUT2D eigenvalue weighted by Crippen LogP contribution is -2.42. The molecule has 0 bridgehead atoms. The molecule has 19 heavy (non-hydrogen) atoms. The number of hydrogen-bond donors (Lipinski definition) is 1. The Morgan fingerprint density at radius 1 is 1.26 bits per heavy atom. The maximum absolute atomic E-state index is 11.9. The van der Waals surface area contributed by atoms with E-state index in [9.17, 15) is 10.0 Å². The molecule has 2 aliphatic rings. The molecule has 2 heterocycles. The third kappa shape index (κ3) is 2.57. The van der Waals surface area contributed by atoms with Crippen molar-refractivity contribution in [3.05, 3.63) is 35.9 Å². The van der Waals surface area contributed by atoms with Crippen molar-refractivity contribution in [2.75, 3.05) is 19.6 Å². The van der Waals surface area contributed by atoms with E-state index < -0.39 is 0 Å². The molecule has 2 fully saturated rings. The van der Waals surface area contributed by atoms with E-state index in [1.807, 2.05) is 30.3 Å². The Labute approximate surface area is 112 Å². The second-order valence-electron chi connectivity index (χ2n) is 5.31. The molecule has 0 aliphatic carbocycles. The van der Waals surface area contributed by atoms with E-state index in [-0.39, 0.29) is 11.6 Å². The van der Waals surface area contributed by atoms with Gasteiger partial charge in [0.05, 0.1) is 5.54 Å². The van der Waals surface area contributed by atoms with Gasteiger partial charge in [-0.25, -0.2) is 4.79 Å². The van der Waals surface area contributed by atoms with Gasteiger partial charge in [-0.15, -0.1) is 0 Å². The number of rotatable bonds is 2. The Hall–Kier alpha value is -1.59. The number of piperidine rings is 1. The van der Waals surface area contributed by atoms with Gasteiger partial charge < -0.3 is 14.8 Å². The lowest BCUT2D eigenvalue weighted by Gasteiger charge is -2.30. The van der Waals surface area contributed by atoms with Gasteiger partial charge in [-0.2, -0.15) is 5.06 Å². The molecule has 0 saturated carbocycles. The topological polar surface area (TPSA) is 52.8 Å². The van der Waals surface area contributed by atoms with Gasteiger partial charge in [-0.1, -0.05) is 30.3 Å². The number of benzene rings is 1. The van der Waals surface area contributed by atoms with Crippen molar-refractivity contribution in [2.24, 2.45) is 0 Å². The van der Waals surface area contributed by atoms with Crippen LogP contribution in [0.2, 0.25) is 0 Å². The first-order valence-electron chi connectivity index (χ1n) is 6.62. The van der Waals surface area contributed by atoms with Crippen LogP contribution in [0, 0.1) is 0 Å². The van der Waals surface area contributed by atoms with Crippen LogP contribution in [0.3, 0.4) is 0 Å². The molecule has 1 unspecified atom stereocenters. The first-order chi connectivity index (χ1) is 9.20. The van der Waals surface area contributed by atoms with Crippen molar-refractivity contribution < 1.29 is 14.7 Å². The highest BCUT2D eigenvalue weighted by Gasteiger charge is 2.53. The highest BCUT2D eigenvalue weighted by atomic mass is 16.6. The summed E-state index contributed by atoms with van der Waals surface area (Å²) in [5.41, 5.74) is 0.948. The summed E-state index contributed by atoms with van der Waals surface area (Å²) in [4.78, 5) is 13.6. The van der Waals surface area contributed by atoms with E-state index in [4.69, 9.17) is 4.74 Å². The van der Waals surface area contributed by atoms with Gasteiger partial charge in [0, 0.05) is 19.6 Å². The molecule has 102 valence electrons. The molecule has 5 heteroatoms. The predicted octanol–water partition coefficient (Wildman–Crippen LogP) is 1.86. The molecule has 1 aromatic carbocycles. The molecule has 2 saturated heterocycles. The molecule has 1 aromatic rings. The van der Waals surface area contributed by atoms with Crippen LogP contribution in [0.1, 0.15) is 18.4 Å². The predicted molar refractivity (Wildman–Crippen MR) is 68.7 cm³/mol. The standard InChI is InChI=1S/C14H18N2O3/c17-13(19-10-12-4-2-1-3-5-12)15-8-6-14(7-9-15)11-16(14)18/h1-5,18H,6-11H2. The van der Waals surface area contributed by atoms with Gasteiger partial charge in [0.15, 0.2) is 0 Å². The van der Waals surface area contributed by atoms with Crippen molar-refractivity contribution in [3.63, 3.8) is 0 Å². The molecular weight excluding hydrogens is 244 g/mol. The fourth-order valence-corrected chi connectivity index (χ4v) is 2.58. The largest absolute Gasteiger partial charge is 0.445 e. The summed E-state index contributed by atoms with van der Waals surface area (Å²) >= 11 is 0. The number of hydroxylamine groups is 2. The fourth-order valence-electron chi connectivity index (χ4n) is 2.58. The molecule has 0 radical (unpaired) electrons. The molecule has 3 rings (SSSR count). The Balaban J connectivity index is 1.46. The van der Waals surface area contributed by atoms with Crippen LogP contribution in [-0.2, 0) is 11.3 Å². The third-order valence-electron chi connectivity index (χ3n) is 4.05. The summed E-state index contributed by atoms with van der Waals surface area (Å²) in [5, 5.41) is 10.8. The first kappa shape index (κ1) is 12.4. The van der Waals surface area contributed by atoms with Crippen LogP contribution in [0.15, 0.2) is 30.3 Å². The van der Waals surface area contributed by atoms with Crippen molar-refractivity contribution in [1.29, 1.82) is 0 Å². The zero-order chi connectivity index (χ0) is 13.3. The number of hydrogen-bond acceptors (Lipinski definition) is 4. The van der Waals surface area contributed by atoms with E-state index in [1.54, 1.807) is 4.90 Å². The van der Waals surface area contributed by atoms with Crippen LogP contribution in [0.25, 0.3) is 0 Å². The Morgan fingerprint density at radius 2 is 1.89 bits per heavy atom. The van der Waals surface area contributed by atoms with Crippen molar-refractivity contribution in [2.45, 2.75) is 25.0 Å². The average Bonchev–Trinajstić information content (AvgIpc) is 3.07. The Bertz CT molecular complexity index is 455. The maximum atomic E-state index is 11.9. The van der Waals surface area contributed by atoms with Crippen LogP contribution >= 0.6 is 0 Å². The highest BCUT2D eigenvalue weighted by molar-refractivity contribution is 5.67. The van der Waals surface area contributed by atoms with Crippen LogP contribution < -0.4 is 0 Å². The second-order valence-corrected chi connectivity index (χ2v) is 5.31. The quantitative estimate of drug-likeness (QED) is 0.827. The monoisotopic (exact) mass is 262 g/mol. The molecule has 1 spiro atoms. The van der Waals surface area contributed by atoms with E-state index in [0.717, 1.165) is 24.9 Å². The zero-order valence-electron chi connectivity index (χ0n) is 10.8. The molecule has 2 aliphatic heterocycles. The van der Waals surface area contributed by atoms with E-state index >= 15 is 0 Å². The minimum atomic E-state index is -0.260. The molecule has 1 N–H and O–H groups in total.